The molecule has 0 aliphatic carbocycles. The number of aryl methyl sites for hydroxylation is 2. The zero-order valence-electron chi connectivity index (χ0n) is 16.2. The lowest BCUT2D eigenvalue weighted by atomic mass is 10.0. The van der Waals surface area contributed by atoms with Gasteiger partial charge in [0.05, 0.1) is 23.1 Å². The van der Waals surface area contributed by atoms with Crippen LogP contribution in [0.2, 0.25) is 0 Å². The molecule has 4 rings (SSSR count). The molecule has 4 aromatic rings. The van der Waals surface area contributed by atoms with Gasteiger partial charge in [0.2, 0.25) is 0 Å². The van der Waals surface area contributed by atoms with E-state index in [2.05, 4.69) is 10.3 Å². The molecule has 2 heterocycles. The number of carbonyl (C=O) groups is 1. The maximum absolute atomic E-state index is 13.8. The monoisotopic (exact) mass is 409 g/mol. The van der Waals surface area contributed by atoms with Gasteiger partial charge in [-0.2, -0.15) is 0 Å². The van der Waals surface area contributed by atoms with Gasteiger partial charge >= 0.3 is 5.76 Å². The lowest BCUT2D eigenvalue weighted by Gasteiger charge is -2.10. The van der Waals surface area contributed by atoms with Gasteiger partial charge < -0.3 is 9.73 Å². The number of hydrogen-bond donors (Lipinski definition) is 1. The predicted molar refractivity (Wildman–Crippen MR) is 108 cm³/mol. The number of nitrogens with zero attached hydrogens (tertiary/aromatic N) is 2. The van der Waals surface area contributed by atoms with Crippen LogP contribution in [0.4, 0.5) is 14.5 Å². The fourth-order valence-electron chi connectivity index (χ4n) is 3.28. The van der Waals surface area contributed by atoms with Gasteiger partial charge in [-0.3, -0.25) is 14.3 Å². The highest BCUT2D eigenvalue weighted by Gasteiger charge is 2.18. The maximum atomic E-state index is 13.8. The van der Waals surface area contributed by atoms with Crippen molar-refractivity contribution in [2.45, 2.75) is 13.3 Å². The molecular formula is C22H17F2N3O3. The van der Waals surface area contributed by atoms with Crippen molar-refractivity contribution in [2.75, 3.05) is 5.32 Å². The molecule has 0 fully saturated rings. The minimum absolute atomic E-state index is 0.293. The number of nitrogens with one attached hydrogen (secondary N) is 1. The quantitative estimate of drug-likeness (QED) is 0.546. The molecule has 0 radical (unpaired) electrons. The average molecular weight is 409 g/mol. The Labute approximate surface area is 169 Å². The Hall–Kier alpha value is -3.81. The Kier molecular flexibility index (Phi) is 4.91. The van der Waals surface area contributed by atoms with E-state index < -0.39 is 28.9 Å². The summed E-state index contributed by atoms with van der Waals surface area (Å²) < 4.78 is 34.2. The molecule has 0 bridgehead atoms. The summed E-state index contributed by atoms with van der Waals surface area (Å²) in [6.45, 7) is 1.98. The number of hydrogen-bond acceptors (Lipinski definition) is 4. The Balaban J connectivity index is 1.66. The van der Waals surface area contributed by atoms with Gasteiger partial charge in [-0.1, -0.05) is 13.0 Å². The van der Waals surface area contributed by atoms with Crippen molar-refractivity contribution in [3.63, 3.8) is 0 Å². The van der Waals surface area contributed by atoms with Crippen LogP contribution < -0.4 is 11.1 Å². The normalized spacial score (nSPS) is 11.1. The van der Waals surface area contributed by atoms with Crippen LogP contribution in [-0.2, 0) is 13.5 Å². The second kappa shape index (κ2) is 7.55. The molecule has 0 unspecified atom stereocenters. The van der Waals surface area contributed by atoms with Crippen LogP contribution in [-0.4, -0.2) is 15.5 Å². The third-order valence-corrected chi connectivity index (χ3v) is 4.89. The van der Waals surface area contributed by atoms with E-state index in [0.717, 1.165) is 23.3 Å². The molecule has 0 aliphatic rings. The molecule has 2 aromatic carbocycles. The van der Waals surface area contributed by atoms with E-state index in [1.54, 1.807) is 19.2 Å². The highest BCUT2D eigenvalue weighted by molar-refractivity contribution is 6.04. The number of anilines is 1. The predicted octanol–water partition coefficient (Wildman–Crippen LogP) is 4.29. The summed E-state index contributed by atoms with van der Waals surface area (Å²) in [5, 5.41) is 2.45. The number of carbonyl (C=O) groups excluding carboxylic acids is 1. The van der Waals surface area contributed by atoms with Gasteiger partial charge in [-0.05, 0) is 48.4 Å². The van der Waals surface area contributed by atoms with E-state index in [1.807, 2.05) is 19.1 Å². The molecule has 0 saturated carbocycles. The van der Waals surface area contributed by atoms with E-state index in [-0.39, 0.29) is 0 Å². The second-order valence-corrected chi connectivity index (χ2v) is 6.74. The number of fused-ring (bicyclic) bond motifs is 1. The van der Waals surface area contributed by atoms with E-state index in [4.69, 9.17) is 4.42 Å². The molecule has 0 spiro atoms. The third kappa shape index (κ3) is 3.36. The molecule has 1 N–H and O–H groups in total. The van der Waals surface area contributed by atoms with Gasteiger partial charge in [0.15, 0.2) is 5.58 Å². The first-order valence-electron chi connectivity index (χ1n) is 9.23. The summed E-state index contributed by atoms with van der Waals surface area (Å²) in [5.74, 6) is -3.23. The smallest absolute Gasteiger partial charge is 0.408 e. The van der Waals surface area contributed by atoms with Crippen LogP contribution in [0.3, 0.4) is 0 Å². The van der Waals surface area contributed by atoms with Crippen molar-refractivity contribution < 1.29 is 18.0 Å². The van der Waals surface area contributed by atoms with Gasteiger partial charge in [-0.15, -0.1) is 0 Å². The zero-order chi connectivity index (χ0) is 21.4. The summed E-state index contributed by atoms with van der Waals surface area (Å²) >= 11 is 0. The maximum Gasteiger partial charge on any atom is 0.419 e. The first kappa shape index (κ1) is 19.5. The van der Waals surface area contributed by atoms with Gasteiger partial charge in [0.1, 0.15) is 17.2 Å². The molecule has 1 amide bonds. The van der Waals surface area contributed by atoms with E-state index in [1.165, 1.54) is 16.8 Å². The van der Waals surface area contributed by atoms with Gasteiger partial charge in [0.25, 0.3) is 5.91 Å². The summed E-state index contributed by atoms with van der Waals surface area (Å²) in [5.41, 5.74) is 3.16. The standard InChI is InChI=1S/C22H17F2N3O3/c1-3-12-9-19-18(27(2)22(29)30-19)10-14(12)17-8-7-13(11-25-17)26-21(28)20-15(23)5-4-6-16(20)24/h4-11H,3H2,1-2H3,(H,26,28). The fourth-order valence-corrected chi connectivity index (χ4v) is 3.28. The number of amides is 1. The lowest BCUT2D eigenvalue weighted by Crippen LogP contribution is -2.16. The number of aromatic nitrogens is 2. The molecule has 6 nitrogen and oxygen atoms in total. The number of halogens is 2. The molecule has 0 atom stereocenters. The van der Waals surface area contributed by atoms with Crippen molar-refractivity contribution >= 4 is 22.7 Å². The van der Waals surface area contributed by atoms with E-state index in [9.17, 15) is 18.4 Å². The van der Waals surface area contributed by atoms with Crippen molar-refractivity contribution in [3.05, 3.63) is 82.0 Å². The Morgan fingerprint density at radius 3 is 2.53 bits per heavy atom. The molecule has 2 aromatic heterocycles. The van der Waals surface area contributed by atoms with Crippen LogP contribution >= 0.6 is 0 Å². The van der Waals surface area contributed by atoms with Crippen LogP contribution in [0.1, 0.15) is 22.8 Å². The van der Waals surface area contributed by atoms with Crippen molar-refractivity contribution in [3.8, 4) is 11.3 Å². The van der Waals surface area contributed by atoms with Crippen LogP contribution in [0.5, 0.6) is 0 Å². The average Bonchev–Trinajstić information content (AvgIpc) is 3.00. The number of rotatable bonds is 4. The Morgan fingerprint density at radius 2 is 1.90 bits per heavy atom. The molecular weight excluding hydrogens is 392 g/mol. The highest BCUT2D eigenvalue weighted by atomic mass is 19.1. The molecule has 0 aliphatic heterocycles. The molecule has 0 saturated heterocycles. The number of oxazole rings is 1. The first-order chi connectivity index (χ1) is 14.4. The summed E-state index contributed by atoms with van der Waals surface area (Å²) in [6.07, 6.45) is 2.10. The summed E-state index contributed by atoms with van der Waals surface area (Å²) in [6, 6.07) is 10.1. The Morgan fingerprint density at radius 1 is 1.17 bits per heavy atom. The lowest BCUT2D eigenvalue weighted by molar-refractivity contribution is 0.101. The van der Waals surface area contributed by atoms with Crippen molar-refractivity contribution in [2.24, 2.45) is 7.05 Å². The van der Waals surface area contributed by atoms with E-state index in [0.29, 0.717) is 28.9 Å². The summed E-state index contributed by atoms with van der Waals surface area (Å²) in [7, 11) is 1.62. The third-order valence-electron chi connectivity index (χ3n) is 4.89. The first-order valence-corrected chi connectivity index (χ1v) is 9.23. The second-order valence-electron chi connectivity index (χ2n) is 6.74. The zero-order valence-corrected chi connectivity index (χ0v) is 16.2. The fraction of sp³-hybridized carbons (Fsp3) is 0.136. The van der Waals surface area contributed by atoms with Crippen LogP contribution in [0.25, 0.3) is 22.4 Å². The molecule has 30 heavy (non-hydrogen) atoms. The van der Waals surface area contributed by atoms with E-state index >= 15 is 0 Å². The highest BCUT2D eigenvalue weighted by Crippen LogP contribution is 2.28. The van der Waals surface area contributed by atoms with Crippen LogP contribution in [0.15, 0.2) is 57.9 Å². The van der Waals surface area contributed by atoms with Gasteiger partial charge in [0, 0.05) is 12.6 Å². The molecule has 8 heteroatoms. The Bertz CT molecular complexity index is 1300. The SMILES string of the molecule is CCc1cc2oc(=O)n(C)c2cc1-c1ccc(NC(=O)c2c(F)cccc2F)cn1. The van der Waals surface area contributed by atoms with Gasteiger partial charge in [-0.25, -0.2) is 13.6 Å². The minimum atomic E-state index is -0.941. The largest absolute Gasteiger partial charge is 0.419 e. The topological polar surface area (TPSA) is 77.1 Å². The number of pyridine rings is 1. The van der Waals surface area contributed by atoms with Crippen molar-refractivity contribution in [1.82, 2.24) is 9.55 Å². The number of benzene rings is 2. The van der Waals surface area contributed by atoms with Crippen LogP contribution in [0, 0.1) is 11.6 Å². The molecule has 152 valence electrons. The summed E-state index contributed by atoms with van der Waals surface area (Å²) in [4.78, 5) is 28.4. The van der Waals surface area contributed by atoms with Crippen molar-refractivity contribution in [1.29, 1.82) is 0 Å². The minimum Gasteiger partial charge on any atom is -0.408 e.